The zero-order valence-corrected chi connectivity index (χ0v) is 15.8. The Hall–Kier alpha value is -3.26. The molecule has 0 unspecified atom stereocenters. The van der Waals surface area contributed by atoms with Crippen LogP contribution in [0.2, 0.25) is 0 Å². The molecule has 1 aliphatic carbocycles. The molecule has 1 aromatic carbocycles. The Morgan fingerprint density at radius 1 is 1.36 bits per heavy atom. The van der Waals surface area contributed by atoms with Crippen molar-refractivity contribution < 1.29 is 14.6 Å². The van der Waals surface area contributed by atoms with Crippen LogP contribution in [0.15, 0.2) is 30.5 Å². The number of rotatable bonds is 5. The van der Waals surface area contributed by atoms with Crippen LogP contribution >= 0.6 is 0 Å². The molecule has 2 heterocycles. The van der Waals surface area contributed by atoms with Gasteiger partial charge < -0.3 is 15.2 Å². The number of anilines is 2. The smallest absolute Gasteiger partial charge is 0.359 e. The van der Waals surface area contributed by atoms with E-state index >= 15 is 0 Å². The third-order valence-electron chi connectivity index (χ3n) is 4.71. The number of aliphatic hydroxyl groups is 1. The van der Waals surface area contributed by atoms with Crippen LogP contribution in [0.4, 0.5) is 11.6 Å². The molecular weight excluding hydrogens is 358 g/mol. The van der Waals surface area contributed by atoms with E-state index in [4.69, 9.17) is 4.74 Å². The van der Waals surface area contributed by atoms with Gasteiger partial charge in [-0.15, -0.1) is 0 Å². The van der Waals surface area contributed by atoms with Crippen molar-refractivity contribution in [2.45, 2.75) is 26.4 Å². The van der Waals surface area contributed by atoms with Gasteiger partial charge in [0, 0.05) is 24.5 Å². The summed E-state index contributed by atoms with van der Waals surface area (Å²) in [6.07, 6.45) is 3.24. The van der Waals surface area contributed by atoms with Crippen LogP contribution in [0.5, 0.6) is 0 Å². The van der Waals surface area contributed by atoms with Crippen LogP contribution in [0.25, 0.3) is 11.4 Å². The number of nitrogens with zero attached hydrogens (tertiary/aromatic N) is 4. The van der Waals surface area contributed by atoms with E-state index < -0.39 is 5.97 Å². The number of hydrogen-bond acceptors (Lipinski definition) is 7. The normalized spacial score (nSPS) is 12.2. The molecule has 2 N–H and O–H groups in total. The maximum atomic E-state index is 12.2. The average Bonchev–Trinajstić information content (AvgIpc) is 3.05. The Morgan fingerprint density at radius 3 is 3.00 bits per heavy atom. The number of nitrogens with one attached hydrogen (secondary N) is 1. The standard InChI is InChI=1S/C20H21N5O3/c1-3-28-19(27)17-15-8-7-13-10-21-20(23-16(13)18(15)25(2)24-17)22-14-6-4-5-12(9-14)11-26/h4-6,9-10,26H,3,7-8,11H2,1-2H3,(H,21,22,23). The lowest BCUT2D eigenvalue weighted by molar-refractivity contribution is 0.0517. The second-order valence-corrected chi connectivity index (χ2v) is 6.57. The van der Waals surface area contributed by atoms with E-state index in [9.17, 15) is 9.90 Å². The third kappa shape index (κ3) is 3.22. The summed E-state index contributed by atoms with van der Waals surface area (Å²) in [4.78, 5) is 21.3. The monoisotopic (exact) mass is 379 g/mol. The first kappa shape index (κ1) is 18.1. The number of carbonyl (C=O) groups excluding carboxylic acids is 1. The number of fused-ring (bicyclic) bond motifs is 3. The zero-order valence-electron chi connectivity index (χ0n) is 15.8. The Labute approximate surface area is 162 Å². The van der Waals surface area contributed by atoms with Crippen LogP contribution in [-0.4, -0.2) is 37.4 Å². The topological polar surface area (TPSA) is 102 Å². The third-order valence-corrected chi connectivity index (χ3v) is 4.71. The van der Waals surface area contributed by atoms with Crippen molar-refractivity contribution >= 4 is 17.6 Å². The summed E-state index contributed by atoms with van der Waals surface area (Å²) in [5.41, 5.74) is 5.41. The Kier molecular flexibility index (Phi) is 4.79. The van der Waals surface area contributed by atoms with Crippen molar-refractivity contribution in [2.24, 2.45) is 7.05 Å². The second-order valence-electron chi connectivity index (χ2n) is 6.57. The SMILES string of the molecule is CCOC(=O)c1nn(C)c2c1CCc1cnc(Nc3cccc(CO)c3)nc1-2. The number of aliphatic hydroxyl groups excluding tert-OH is 1. The van der Waals surface area contributed by atoms with Crippen molar-refractivity contribution in [1.82, 2.24) is 19.7 Å². The number of aryl methyl sites for hydroxylation is 2. The first-order valence-corrected chi connectivity index (χ1v) is 9.16. The van der Waals surface area contributed by atoms with Gasteiger partial charge >= 0.3 is 5.97 Å². The molecule has 0 aliphatic heterocycles. The Bertz CT molecular complexity index is 1040. The second kappa shape index (κ2) is 7.40. The molecule has 0 radical (unpaired) electrons. The molecule has 0 atom stereocenters. The van der Waals surface area contributed by atoms with E-state index in [1.54, 1.807) is 24.9 Å². The Morgan fingerprint density at radius 2 is 2.21 bits per heavy atom. The fraction of sp³-hybridized carbons (Fsp3) is 0.300. The number of carbonyl (C=O) groups is 1. The largest absolute Gasteiger partial charge is 0.461 e. The fourth-order valence-electron chi connectivity index (χ4n) is 3.46. The van der Waals surface area contributed by atoms with Gasteiger partial charge in [-0.1, -0.05) is 12.1 Å². The van der Waals surface area contributed by atoms with Crippen molar-refractivity contribution in [3.05, 3.63) is 52.8 Å². The van der Waals surface area contributed by atoms with E-state index in [2.05, 4.69) is 20.4 Å². The highest BCUT2D eigenvalue weighted by atomic mass is 16.5. The predicted molar refractivity (Wildman–Crippen MR) is 103 cm³/mol. The Balaban J connectivity index is 1.71. The van der Waals surface area contributed by atoms with Crippen molar-refractivity contribution in [1.29, 1.82) is 0 Å². The summed E-state index contributed by atoms with van der Waals surface area (Å²) < 4.78 is 6.82. The van der Waals surface area contributed by atoms with Crippen molar-refractivity contribution in [3.63, 3.8) is 0 Å². The first-order chi connectivity index (χ1) is 13.6. The molecule has 8 heteroatoms. The predicted octanol–water partition coefficient (Wildman–Crippen LogP) is 2.39. The first-order valence-electron chi connectivity index (χ1n) is 9.16. The lowest BCUT2D eigenvalue weighted by Gasteiger charge is -2.17. The summed E-state index contributed by atoms with van der Waals surface area (Å²) in [6.45, 7) is 2.05. The van der Waals surface area contributed by atoms with Crippen LogP contribution in [0.1, 0.15) is 34.1 Å². The minimum absolute atomic E-state index is 0.0322. The molecule has 28 heavy (non-hydrogen) atoms. The summed E-state index contributed by atoms with van der Waals surface area (Å²) in [5, 5.41) is 16.9. The van der Waals surface area contributed by atoms with Gasteiger partial charge in [-0.05, 0) is 43.0 Å². The van der Waals surface area contributed by atoms with Crippen LogP contribution < -0.4 is 5.32 Å². The van der Waals surface area contributed by atoms with Crippen LogP contribution in [0.3, 0.4) is 0 Å². The number of hydrogen-bond donors (Lipinski definition) is 2. The molecular formula is C20H21N5O3. The lowest BCUT2D eigenvalue weighted by Crippen LogP contribution is -2.12. The van der Waals surface area contributed by atoms with Crippen LogP contribution in [0, 0.1) is 0 Å². The van der Waals surface area contributed by atoms with Crippen molar-refractivity contribution in [2.75, 3.05) is 11.9 Å². The van der Waals surface area contributed by atoms with Crippen LogP contribution in [-0.2, 0) is 31.2 Å². The van der Waals surface area contributed by atoms with E-state index in [0.717, 1.165) is 40.2 Å². The molecule has 3 aromatic rings. The molecule has 0 fully saturated rings. The van der Waals surface area contributed by atoms with E-state index in [-0.39, 0.29) is 6.61 Å². The summed E-state index contributed by atoms with van der Waals surface area (Å²) in [6, 6.07) is 7.43. The van der Waals surface area contributed by atoms with E-state index in [1.165, 1.54) is 0 Å². The van der Waals surface area contributed by atoms with Gasteiger partial charge in [0.2, 0.25) is 5.95 Å². The molecule has 0 amide bonds. The molecule has 1 aliphatic rings. The van der Waals surface area contributed by atoms with Gasteiger partial charge in [0.15, 0.2) is 5.69 Å². The summed E-state index contributed by atoms with van der Waals surface area (Å²) >= 11 is 0. The number of benzene rings is 1. The maximum Gasteiger partial charge on any atom is 0.359 e. The lowest BCUT2D eigenvalue weighted by atomic mass is 9.93. The van der Waals surface area contributed by atoms with Crippen molar-refractivity contribution in [3.8, 4) is 11.4 Å². The number of aromatic nitrogens is 4. The van der Waals surface area contributed by atoms with Gasteiger partial charge in [-0.3, -0.25) is 4.68 Å². The van der Waals surface area contributed by atoms with E-state index in [1.807, 2.05) is 24.3 Å². The number of esters is 1. The van der Waals surface area contributed by atoms with Gasteiger partial charge in [-0.2, -0.15) is 5.10 Å². The average molecular weight is 379 g/mol. The molecule has 0 saturated heterocycles. The highest BCUT2D eigenvalue weighted by Crippen LogP contribution is 2.34. The molecule has 144 valence electrons. The molecule has 4 rings (SSSR count). The van der Waals surface area contributed by atoms with Gasteiger partial charge in [0.1, 0.15) is 0 Å². The number of ether oxygens (including phenoxy) is 1. The quantitative estimate of drug-likeness (QED) is 0.656. The molecule has 0 spiro atoms. The molecule has 2 aromatic heterocycles. The minimum atomic E-state index is -0.406. The maximum absolute atomic E-state index is 12.2. The zero-order chi connectivity index (χ0) is 19.7. The summed E-state index contributed by atoms with van der Waals surface area (Å²) in [7, 11) is 1.80. The highest BCUT2D eigenvalue weighted by molar-refractivity contribution is 5.91. The molecule has 0 bridgehead atoms. The van der Waals surface area contributed by atoms with Gasteiger partial charge in [0.05, 0.1) is 24.6 Å². The van der Waals surface area contributed by atoms with Gasteiger partial charge in [0.25, 0.3) is 0 Å². The summed E-state index contributed by atoms with van der Waals surface area (Å²) in [5.74, 6) is 0.0385. The molecule has 0 saturated carbocycles. The fourth-order valence-corrected chi connectivity index (χ4v) is 3.46. The minimum Gasteiger partial charge on any atom is -0.461 e. The highest BCUT2D eigenvalue weighted by Gasteiger charge is 2.29. The van der Waals surface area contributed by atoms with E-state index in [0.29, 0.717) is 24.7 Å². The molecule has 8 nitrogen and oxygen atoms in total. The van der Waals surface area contributed by atoms with Gasteiger partial charge in [-0.25, -0.2) is 14.8 Å².